The van der Waals surface area contributed by atoms with Crippen LogP contribution in [0, 0.1) is 0 Å². The number of phosphoric acid groups is 2. The van der Waals surface area contributed by atoms with Crippen molar-refractivity contribution in [1.29, 1.82) is 0 Å². The fourth-order valence-electron chi connectivity index (χ4n) is 0.477. The molecule has 0 rings (SSSR count). The monoisotopic (exact) mass is 290 g/mol. The van der Waals surface area contributed by atoms with E-state index < -0.39 is 34.3 Å². The summed E-state index contributed by atoms with van der Waals surface area (Å²) in [5.74, 6) is -1.83. The summed E-state index contributed by atoms with van der Waals surface area (Å²) >= 11 is 0. The molecule has 0 saturated heterocycles. The van der Waals surface area contributed by atoms with Gasteiger partial charge in [0.2, 0.25) is 0 Å². The fraction of sp³-hybridized carbons (Fsp3) is 0.667. The second-order valence-electron chi connectivity index (χ2n) is 2.21. The number of hydrogen-bond acceptors (Lipinski definition) is 5. The molecular formula is C3H9NaO10P2. The number of phosphoric ester groups is 2. The summed E-state index contributed by atoms with van der Waals surface area (Å²) in [5, 5.41) is 8.33. The van der Waals surface area contributed by atoms with Gasteiger partial charge in [0.1, 0.15) is 0 Å². The van der Waals surface area contributed by atoms with Gasteiger partial charge in [-0.05, 0) is 0 Å². The Hall–Kier alpha value is 0.690. The first-order valence-electron chi connectivity index (χ1n) is 3.18. The zero-order valence-electron chi connectivity index (χ0n) is 8.96. The van der Waals surface area contributed by atoms with Gasteiger partial charge in [-0.1, -0.05) is 0 Å². The third-order valence-corrected chi connectivity index (χ3v) is 1.95. The Morgan fingerprint density at radius 1 is 1.19 bits per heavy atom. The quantitative estimate of drug-likeness (QED) is 0.238. The van der Waals surface area contributed by atoms with E-state index in [4.69, 9.17) is 24.7 Å². The average molecular weight is 290 g/mol. The molecule has 13 heteroatoms. The molecule has 0 radical (unpaired) electrons. The van der Waals surface area contributed by atoms with Crippen molar-refractivity contribution in [2.24, 2.45) is 0 Å². The Morgan fingerprint density at radius 2 is 1.62 bits per heavy atom. The van der Waals surface area contributed by atoms with E-state index in [0.717, 1.165) is 0 Å². The smallest absolute Gasteiger partial charge is 1.00 e. The van der Waals surface area contributed by atoms with Crippen molar-refractivity contribution >= 4 is 21.6 Å². The molecule has 0 aliphatic heterocycles. The normalized spacial score (nSPS) is 14.0. The molecule has 16 heavy (non-hydrogen) atoms. The maximum atomic E-state index is 10.3. The third-order valence-electron chi connectivity index (χ3n) is 0.934. The van der Waals surface area contributed by atoms with Crippen LogP contribution in [0.4, 0.5) is 0 Å². The van der Waals surface area contributed by atoms with E-state index in [1.165, 1.54) is 0 Å². The molecule has 0 heterocycles. The summed E-state index contributed by atoms with van der Waals surface area (Å²) < 4.78 is 27.8. The Kier molecular flexibility index (Phi) is 8.56. The minimum absolute atomic E-state index is 0. The standard InChI is InChI=1S/C3H8O10P2.Na.H/c4-3(5)2(13-15(9,10)11)1-12-14(6,7)8;;/h2H,1H2,(H,4,5)(H2,6,7,8)(H2,9,10,11);;/q;+1;-1/t2-;;/m1../s1. The molecule has 0 bridgehead atoms. The van der Waals surface area contributed by atoms with Crippen LogP contribution in [0.15, 0.2) is 0 Å². The molecule has 10 nitrogen and oxygen atoms in total. The van der Waals surface area contributed by atoms with Crippen molar-refractivity contribution in [3.8, 4) is 0 Å². The Labute approximate surface area is 113 Å². The van der Waals surface area contributed by atoms with Gasteiger partial charge < -0.3 is 26.1 Å². The van der Waals surface area contributed by atoms with Gasteiger partial charge in [-0.2, -0.15) is 0 Å². The van der Waals surface area contributed by atoms with Gasteiger partial charge >= 0.3 is 51.2 Å². The second-order valence-corrected chi connectivity index (χ2v) is 4.64. The Morgan fingerprint density at radius 3 is 1.88 bits per heavy atom. The van der Waals surface area contributed by atoms with E-state index in [2.05, 4.69) is 9.05 Å². The molecule has 0 amide bonds. The van der Waals surface area contributed by atoms with Crippen LogP contribution in [0.1, 0.15) is 1.43 Å². The van der Waals surface area contributed by atoms with Crippen LogP contribution >= 0.6 is 15.6 Å². The zero-order chi connectivity index (χ0) is 12.3. The zero-order valence-corrected chi connectivity index (χ0v) is 11.7. The van der Waals surface area contributed by atoms with Crippen LogP contribution in [0.25, 0.3) is 0 Å². The maximum Gasteiger partial charge on any atom is 1.00 e. The second kappa shape index (κ2) is 7.20. The first-order chi connectivity index (χ1) is 6.51. The van der Waals surface area contributed by atoms with E-state index >= 15 is 0 Å². The molecule has 0 spiro atoms. The summed E-state index contributed by atoms with van der Waals surface area (Å²) in [7, 11) is -9.99. The van der Waals surface area contributed by atoms with Crippen LogP contribution in [0.2, 0.25) is 0 Å². The molecule has 0 aromatic rings. The third kappa shape index (κ3) is 11.2. The average Bonchev–Trinajstić information content (AvgIpc) is 1.93. The molecule has 1 atom stereocenters. The van der Waals surface area contributed by atoms with E-state index in [0.29, 0.717) is 0 Å². The molecule has 0 fully saturated rings. The van der Waals surface area contributed by atoms with Gasteiger partial charge in [0.05, 0.1) is 6.61 Å². The van der Waals surface area contributed by atoms with Crippen molar-refractivity contribution in [2.75, 3.05) is 6.61 Å². The first kappa shape index (κ1) is 19.0. The molecule has 0 unspecified atom stereocenters. The number of carboxylic acids is 1. The summed E-state index contributed by atoms with van der Waals surface area (Å²) in [5.41, 5.74) is 0. The number of carbonyl (C=O) groups is 1. The van der Waals surface area contributed by atoms with Crippen LogP contribution in [0.5, 0.6) is 0 Å². The van der Waals surface area contributed by atoms with Crippen molar-refractivity contribution in [1.82, 2.24) is 0 Å². The van der Waals surface area contributed by atoms with Crippen LogP contribution in [-0.4, -0.2) is 43.4 Å². The van der Waals surface area contributed by atoms with E-state index in [1.807, 2.05) is 0 Å². The predicted molar refractivity (Wildman–Crippen MR) is 43.7 cm³/mol. The van der Waals surface area contributed by atoms with Crippen molar-refractivity contribution in [3.05, 3.63) is 0 Å². The van der Waals surface area contributed by atoms with Gasteiger partial charge in [0.15, 0.2) is 6.10 Å². The molecule has 0 aliphatic rings. The number of rotatable bonds is 6. The molecule has 92 valence electrons. The molecule has 0 saturated carbocycles. The fourth-order valence-corrected chi connectivity index (χ4v) is 1.29. The molecule has 0 aromatic carbocycles. The van der Waals surface area contributed by atoms with Gasteiger partial charge in [0.25, 0.3) is 0 Å². The van der Waals surface area contributed by atoms with Gasteiger partial charge in [-0.3, -0.25) is 9.05 Å². The molecule has 5 N–H and O–H groups in total. The van der Waals surface area contributed by atoms with E-state index in [9.17, 15) is 13.9 Å². The Balaban J connectivity index is -0.000000980. The van der Waals surface area contributed by atoms with Crippen molar-refractivity contribution in [3.63, 3.8) is 0 Å². The summed E-state index contributed by atoms with van der Waals surface area (Å²) in [6.07, 6.45) is -2.17. The number of aliphatic carboxylic acids is 1. The Bertz CT molecular complexity index is 322. The molecular weight excluding hydrogens is 281 g/mol. The van der Waals surface area contributed by atoms with Gasteiger partial charge in [-0.25, -0.2) is 13.9 Å². The van der Waals surface area contributed by atoms with Gasteiger partial charge in [-0.15, -0.1) is 0 Å². The number of hydrogen-bond donors (Lipinski definition) is 5. The largest absolute Gasteiger partial charge is 1.00 e. The summed E-state index contributed by atoms with van der Waals surface area (Å²) in [6.45, 7) is -1.19. The van der Waals surface area contributed by atoms with Crippen molar-refractivity contribution < 1.29 is 78.6 Å². The molecule has 0 aromatic heterocycles. The van der Waals surface area contributed by atoms with Crippen LogP contribution < -0.4 is 29.6 Å². The van der Waals surface area contributed by atoms with Crippen molar-refractivity contribution in [2.45, 2.75) is 6.10 Å². The van der Waals surface area contributed by atoms with Crippen LogP contribution in [-0.2, 0) is 23.0 Å². The van der Waals surface area contributed by atoms with E-state index in [-0.39, 0.29) is 31.0 Å². The maximum absolute atomic E-state index is 10.3. The first-order valence-corrected chi connectivity index (χ1v) is 6.24. The number of carboxylic acid groups (broad SMARTS) is 1. The predicted octanol–water partition coefficient (Wildman–Crippen LogP) is -4.23. The summed E-state index contributed by atoms with van der Waals surface area (Å²) in [6, 6.07) is 0. The SMILES string of the molecule is O=C(O)[C@@H](COP(=O)(O)O)OP(=O)(O)O.[H-].[Na+]. The van der Waals surface area contributed by atoms with E-state index in [1.54, 1.807) is 0 Å². The minimum Gasteiger partial charge on any atom is -1.00 e. The van der Waals surface area contributed by atoms with Crippen LogP contribution in [0.3, 0.4) is 0 Å². The van der Waals surface area contributed by atoms with Gasteiger partial charge in [0, 0.05) is 0 Å². The summed E-state index contributed by atoms with van der Waals surface area (Å²) in [4.78, 5) is 43.2. The molecule has 0 aliphatic carbocycles. The topological polar surface area (TPSA) is 171 Å². The minimum atomic E-state index is -5.07.